The average Bonchev–Trinajstić information content (AvgIpc) is 2.80. The first-order valence-electron chi connectivity index (χ1n) is 8.62. The van der Waals surface area contributed by atoms with Gasteiger partial charge in [-0.15, -0.1) is 0 Å². The molecule has 4 heteroatoms. The van der Waals surface area contributed by atoms with E-state index in [1.54, 1.807) is 13.2 Å². The van der Waals surface area contributed by atoms with Crippen LogP contribution >= 0.6 is 0 Å². The molecule has 1 N–H and O–H groups in total. The summed E-state index contributed by atoms with van der Waals surface area (Å²) in [6, 6.07) is 10.3. The zero-order chi connectivity index (χ0) is 17.8. The maximum Gasteiger partial charge on any atom is 0.104 e. The van der Waals surface area contributed by atoms with E-state index in [4.69, 9.17) is 4.74 Å². The highest BCUT2D eigenvalue weighted by atomic mass is 19.1. The Hall–Kier alpha value is -2.17. The molecule has 0 spiro atoms. The van der Waals surface area contributed by atoms with Crippen molar-refractivity contribution < 1.29 is 9.13 Å². The number of allylic oxidation sites excluding steroid dienone is 2. The Labute approximate surface area is 148 Å². The predicted molar refractivity (Wildman–Crippen MR) is 101 cm³/mol. The minimum absolute atomic E-state index is 0.000288. The molecule has 0 bridgehead atoms. The van der Waals surface area contributed by atoms with Gasteiger partial charge in [0.1, 0.15) is 5.83 Å². The molecule has 2 atom stereocenters. The summed E-state index contributed by atoms with van der Waals surface area (Å²) in [6.07, 6.45) is 7.96. The van der Waals surface area contributed by atoms with Gasteiger partial charge in [-0.1, -0.05) is 36.4 Å². The average molecular weight is 340 g/mol. The van der Waals surface area contributed by atoms with Crippen LogP contribution in [0, 0.1) is 6.92 Å². The van der Waals surface area contributed by atoms with Crippen LogP contribution in [0.1, 0.15) is 34.8 Å². The second-order valence-electron chi connectivity index (χ2n) is 6.40. The number of aromatic nitrogens is 1. The van der Waals surface area contributed by atoms with Crippen molar-refractivity contribution in [2.45, 2.75) is 25.5 Å². The van der Waals surface area contributed by atoms with Gasteiger partial charge in [-0.2, -0.15) is 0 Å². The van der Waals surface area contributed by atoms with Crippen LogP contribution in [0.25, 0.3) is 12.2 Å². The topological polar surface area (TPSA) is 26.2 Å². The monoisotopic (exact) mass is 340 g/mol. The molecule has 0 radical (unpaired) electrons. The van der Waals surface area contributed by atoms with Gasteiger partial charge in [-0.25, -0.2) is 4.39 Å². The van der Waals surface area contributed by atoms with E-state index in [1.807, 2.05) is 44.3 Å². The van der Waals surface area contributed by atoms with E-state index in [9.17, 15) is 4.39 Å². The molecule has 0 amide bonds. The fourth-order valence-corrected chi connectivity index (χ4v) is 3.51. The molecule has 1 aliphatic rings. The zero-order valence-corrected chi connectivity index (χ0v) is 15.0. The Morgan fingerprint density at radius 1 is 1.28 bits per heavy atom. The fourth-order valence-electron chi connectivity index (χ4n) is 3.51. The van der Waals surface area contributed by atoms with Crippen molar-refractivity contribution in [3.63, 3.8) is 0 Å². The molecule has 0 fully saturated rings. The molecule has 1 aromatic heterocycles. The molecule has 25 heavy (non-hydrogen) atoms. The molecule has 0 saturated heterocycles. The van der Waals surface area contributed by atoms with Gasteiger partial charge < -0.3 is 14.6 Å². The highest BCUT2D eigenvalue weighted by molar-refractivity contribution is 5.69. The summed E-state index contributed by atoms with van der Waals surface area (Å²) in [6.45, 7) is 2.75. The molecular formula is C21H25FN2O. The smallest absolute Gasteiger partial charge is 0.104 e. The lowest BCUT2D eigenvalue weighted by molar-refractivity contribution is 0.0708. The number of fused-ring (bicyclic) bond motifs is 1. The highest BCUT2D eigenvalue weighted by Crippen LogP contribution is 2.33. The number of likely N-dealkylation sites (N-methyl/N-ethyl adjacent to an activating group) is 1. The lowest BCUT2D eigenvalue weighted by Gasteiger charge is -2.29. The molecule has 132 valence electrons. The number of halogens is 1. The fraction of sp³-hybridized carbons (Fsp3) is 0.333. The second-order valence-corrected chi connectivity index (χ2v) is 6.40. The van der Waals surface area contributed by atoms with Crippen molar-refractivity contribution >= 4 is 12.2 Å². The van der Waals surface area contributed by atoms with Gasteiger partial charge >= 0.3 is 0 Å². The van der Waals surface area contributed by atoms with Gasteiger partial charge in [0.2, 0.25) is 0 Å². The van der Waals surface area contributed by atoms with Gasteiger partial charge in [-0.05, 0) is 37.3 Å². The number of nitrogens with one attached hydrogen (secondary N) is 1. The Bertz CT molecular complexity index is 777. The van der Waals surface area contributed by atoms with Crippen LogP contribution in [0.15, 0.2) is 48.4 Å². The van der Waals surface area contributed by atoms with Crippen molar-refractivity contribution in [3.8, 4) is 0 Å². The molecule has 0 aliphatic heterocycles. The number of hydrogen-bond acceptors (Lipinski definition) is 2. The van der Waals surface area contributed by atoms with Crippen LogP contribution in [-0.2, 0) is 4.74 Å². The van der Waals surface area contributed by atoms with Crippen molar-refractivity contribution in [1.82, 2.24) is 9.88 Å². The third kappa shape index (κ3) is 3.60. The Balaban J connectivity index is 2.16. The number of benzene rings is 1. The first-order chi connectivity index (χ1) is 12.2. The van der Waals surface area contributed by atoms with E-state index in [-0.39, 0.29) is 18.0 Å². The normalized spacial score (nSPS) is 16.1. The Kier molecular flexibility index (Phi) is 5.51. The minimum Gasteiger partial charge on any atom is -0.378 e. The Morgan fingerprint density at radius 3 is 2.72 bits per heavy atom. The van der Waals surface area contributed by atoms with Gasteiger partial charge in [0.05, 0.1) is 12.1 Å². The van der Waals surface area contributed by atoms with Crippen molar-refractivity contribution in [2.75, 3.05) is 20.7 Å². The number of aryl methyl sites for hydroxylation is 1. The van der Waals surface area contributed by atoms with Gasteiger partial charge in [-0.3, -0.25) is 0 Å². The van der Waals surface area contributed by atoms with E-state index >= 15 is 0 Å². The summed E-state index contributed by atoms with van der Waals surface area (Å²) in [5, 5.41) is 3.22. The Morgan fingerprint density at radius 2 is 2.04 bits per heavy atom. The van der Waals surface area contributed by atoms with E-state index in [1.165, 1.54) is 5.56 Å². The molecule has 0 saturated carbocycles. The summed E-state index contributed by atoms with van der Waals surface area (Å²) < 4.78 is 22.0. The van der Waals surface area contributed by atoms with Crippen LogP contribution < -0.4 is 5.32 Å². The summed E-state index contributed by atoms with van der Waals surface area (Å²) in [4.78, 5) is 0. The van der Waals surface area contributed by atoms with Crippen LogP contribution in [0.5, 0.6) is 0 Å². The van der Waals surface area contributed by atoms with Crippen LogP contribution in [0.4, 0.5) is 4.39 Å². The number of hydrogen-bond donors (Lipinski definition) is 1. The lowest BCUT2D eigenvalue weighted by Crippen LogP contribution is -2.35. The van der Waals surface area contributed by atoms with E-state index in [0.717, 1.165) is 23.4 Å². The van der Waals surface area contributed by atoms with Gasteiger partial charge in [0.25, 0.3) is 0 Å². The summed E-state index contributed by atoms with van der Waals surface area (Å²) in [5.41, 5.74) is 4.21. The molecule has 3 rings (SSSR count). The third-order valence-corrected chi connectivity index (χ3v) is 4.70. The number of methoxy groups -OCH3 is 1. The maximum absolute atomic E-state index is 13.9. The first kappa shape index (κ1) is 17.6. The summed E-state index contributed by atoms with van der Waals surface area (Å²) in [7, 11) is 3.66. The molecule has 1 aromatic carbocycles. The number of ether oxygens (including phenoxy) is 1. The van der Waals surface area contributed by atoms with Gasteiger partial charge in [0.15, 0.2) is 0 Å². The van der Waals surface area contributed by atoms with Gasteiger partial charge in [0, 0.05) is 37.5 Å². The second kappa shape index (κ2) is 7.81. The molecule has 1 heterocycles. The lowest BCUT2D eigenvalue weighted by atomic mass is 10.00. The highest BCUT2D eigenvalue weighted by Gasteiger charge is 2.27. The molecular weight excluding hydrogens is 315 g/mol. The summed E-state index contributed by atoms with van der Waals surface area (Å²) >= 11 is 0. The molecule has 3 nitrogen and oxygen atoms in total. The molecule has 2 unspecified atom stereocenters. The molecule has 1 aliphatic carbocycles. The van der Waals surface area contributed by atoms with Crippen LogP contribution in [-0.4, -0.2) is 31.4 Å². The van der Waals surface area contributed by atoms with Crippen molar-refractivity contribution in [3.05, 3.63) is 70.8 Å². The predicted octanol–water partition coefficient (Wildman–Crippen LogP) is 4.35. The number of rotatable bonds is 6. The maximum atomic E-state index is 13.9. The molecule has 2 aromatic rings. The van der Waals surface area contributed by atoms with Crippen molar-refractivity contribution in [1.29, 1.82) is 0 Å². The standard InChI is InChI=1S/C21H25FN2O/c1-15-14-24(19-11-7-10-17(22)12-18(15)19)21(20(25-3)13-23-2)16-8-5-4-6-9-16/h4-9,11-12,14,20-21,23H,10,13H2,1-3H3. The van der Waals surface area contributed by atoms with E-state index in [2.05, 4.69) is 28.2 Å². The van der Waals surface area contributed by atoms with Crippen LogP contribution in [0.2, 0.25) is 0 Å². The SMILES string of the molecule is CNCC(OC)C(c1ccccc1)n1cc(C)c2c1C=CCC(F)=C2. The summed E-state index contributed by atoms with van der Waals surface area (Å²) in [5.74, 6) is -0.106. The largest absolute Gasteiger partial charge is 0.378 e. The first-order valence-corrected chi connectivity index (χ1v) is 8.62. The third-order valence-electron chi connectivity index (χ3n) is 4.70. The van der Waals surface area contributed by atoms with Crippen molar-refractivity contribution in [2.24, 2.45) is 0 Å². The zero-order valence-electron chi connectivity index (χ0n) is 15.0. The van der Waals surface area contributed by atoms with E-state index in [0.29, 0.717) is 6.42 Å². The van der Waals surface area contributed by atoms with E-state index < -0.39 is 0 Å². The number of nitrogens with zero attached hydrogens (tertiary/aromatic N) is 1. The van der Waals surface area contributed by atoms with Crippen LogP contribution in [0.3, 0.4) is 0 Å². The quantitative estimate of drug-likeness (QED) is 0.846. The minimum atomic E-state index is -0.106.